The fraction of sp³-hybridized carbons (Fsp3) is 0.261. The van der Waals surface area contributed by atoms with Gasteiger partial charge >= 0.3 is 0 Å². The molecule has 2 aromatic carbocycles. The number of carbonyl (C=O) groups excluding carboxylic acids is 1. The van der Waals surface area contributed by atoms with Crippen LogP contribution in [0.5, 0.6) is 0 Å². The Morgan fingerprint density at radius 2 is 1.93 bits per heavy atom. The summed E-state index contributed by atoms with van der Waals surface area (Å²) in [5.74, 6) is 0.747. The third-order valence-electron chi connectivity index (χ3n) is 5.03. The summed E-state index contributed by atoms with van der Waals surface area (Å²) < 4.78 is 1.96. The molecule has 6 heteroatoms. The molecule has 4 aromatic rings. The summed E-state index contributed by atoms with van der Waals surface area (Å²) in [7, 11) is 1.80. The van der Waals surface area contributed by atoms with Gasteiger partial charge in [0.05, 0.1) is 29.8 Å². The number of imidazole rings is 1. The lowest BCUT2D eigenvalue weighted by atomic mass is 10.1. The van der Waals surface area contributed by atoms with Crippen molar-refractivity contribution in [3.8, 4) is 0 Å². The number of aryl methyl sites for hydroxylation is 3. The maximum atomic E-state index is 13.0. The van der Waals surface area contributed by atoms with E-state index < -0.39 is 0 Å². The van der Waals surface area contributed by atoms with Crippen LogP contribution in [-0.2, 0) is 13.1 Å². The van der Waals surface area contributed by atoms with Gasteiger partial charge in [0.1, 0.15) is 5.82 Å². The topological polar surface area (TPSA) is 66.8 Å². The highest BCUT2D eigenvalue weighted by molar-refractivity contribution is 5.94. The first-order valence-electron chi connectivity index (χ1n) is 9.70. The van der Waals surface area contributed by atoms with Gasteiger partial charge in [0.25, 0.3) is 5.91 Å². The normalized spacial score (nSPS) is 11.2. The Labute approximate surface area is 170 Å². The Morgan fingerprint density at radius 3 is 2.69 bits per heavy atom. The number of nitrogens with one attached hydrogen (secondary N) is 1. The van der Waals surface area contributed by atoms with Gasteiger partial charge in [0, 0.05) is 18.3 Å². The van der Waals surface area contributed by atoms with Gasteiger partial charge in [-0.15, -0.1) is 0 Å². The predicted octanol–water partition coefficient (Wildman–Crippen LogP) is 4.01. The molecule has 2 aromatic heterocycles. The number of H-pyrrole nitrogens is 1. The minimum absolute atomic E-state index is 0.0307. The van der Waals surface area contributed by atoms with Crippen LogP contribution in [0.1, 0.15) is 38.7 Å². The van der Waals surface area contributed by atoms with Gasteiger partial charge in [0.15, 0.2) is 0 Å². The maximum Gasteiger partial charge on any atom is 0.254 e. The summed E-state index contributed by atoms with van der Waals surface area (Å²) in [6.07, 6.45) is 0. The van der Waals surface area contributed by atoms with Gasteiger partial charge in [-0.2, -0.15) is 5.10 Å². The van der Waals surface area contributed by atoms with Gasteiger partial charge < -0.3 is 9.88 Å². The van der Waals surface area contributed by atoms with Crippen LogP contribution in [0.3, 0.4) is 0 Å². The molecule has 1 amide bonds. The van der Waals surface area contributed by atoms with Crippen molar-refractivity contribution in [3.05, 3.63) is 82.4 Å². The summed E-state index contributed by atoms with van der Waals surface area (Å²) in [5, 5.41) is 4.51. The monoisotopic (exact) mass is 387 g/mol. The smallest absolute Gasteiger partial charge is 0.254 e. The van der Waals surface area contributed by atoms with E-state index in [1.165, 1.54) is 5.56 Å². The van der Waals surface area contributed by atoms with Crippen LogP contribution in [0.4, 0.5) is 0 Å². The Balaban J connectivity index is 1.50. The second kappa shape index (κ2) is 7.54. The third-order valence-corrected chi connectivity index (χ3v) is 5.03. The molecule has 0 aliphatic carbocycles. The molecular formula is C23H25N5O. The Morgan fingerprint density at radius 1 is 1.10 bits per heavy atom. The second-order valence-corrected chi connectivity index (χ2v) is 7.65. The summed E-state index contributed by atoms with van der Waals surface area (Å²) in [6.45, 7) is 7.14. The van der Waals surface area contributed by atoms with Crippen molar-refractivity contribution < 1.29 is 4.79 Å². The number of rotatable bonds is 5. The predicted molar refractivity (Wildman–Crippen MR) is 114 cm³/mol. The van der Waals surface area contributed by atoms with Crippen LogP contribution in [0.2, 0.25) is 0 Å². The highest BCUT2D eigenvalue weighted by atomic mass is 16.2. The SMILES string of the molecule is Cc1ccc2nc(CN(C)C(=O)c3cccc(Cn4nc(C)cc4C)c3)[nH]c2c1. The first-order valence-corrected chi connectivity index (χ1v) is 9.70. The molecule has 0 spiro atoms. The number of benzene rings is 2. The van der Waals surface area contributed by atoms with E-state index in [0.717, 1.165) is 33.8 Å². The maximum absolute atomic E-state index is 13.0. The molecule has 0 fully saturated rings. The molecule has 0 unspecified atom stereocenters. The van der Waals surface area contributed by atoms with E-state index in [9.17, 15) is 4.79 Å². The van der Waals surface area contributed by atoms with Crippen molar-refractivity contribution in [3.63, 3.8) is 0 Å². The summed E-state index contributed by atoms with van der Waals surface area (Å²) in [6, 6.07) is 15.9. The van der Waals surface area contributed by atoms with Gasteiger partial charge in [0.2, 0.25) is 0 Å². The number of aromatic amines is 1. The average molecular weight is 387 g/mol. The number of aromatic nitrogens is 4. The van der Waals surface area contributed by atoms with Crippen molar-refractivity contribution in [2.75, 3.05) is 7.05 Å². The highest BCUT2D eigenvalue weighted by Gasteiger charge is 2.15. The van der Waals surface area contributed by atoms with Crippen LogP contribution in [0.15, 0.2) is 48.5 Å². The summed E-state index contributed by atoms with van der Waals surface area (Å²) >= 11 is 0. The van der Waals surface area contributed by atoms with Crippen LogP contribution in [0, 0.1) is 20.8 Å². The molecule has 4 rings (SSSR count). The number of carbonyl (C=O) groups is 1. The lowest BCUT2D eigenvalue weighted by Gasteiger charge is -2.16. The molecule has 0 radical (unpaired) electrons. The molecular weight excluding hydrogens is 362 g/mol. The van der Waals surface area contributed by atoms with Gasteiger partial charge in [-0.05, 0) is 62.2 Å². The van der Waals surface area contributed by atoms with E-state index in [2.05, 4.69) is 34.1 Å². The van der Waals surface area contributed by atoms with E-state index in [-0.39, 0.29) is 5.91 Å². The van der Waals surface area contributed by atoms with E-state index in [1.807, 2.05) is 54.9 Å². The number of hydrogen-bond acceptors (Lipinski definition) is 3. The molecule has 2 heterocycles. The van der Waals surface area contributed by atoms with E-state index in [1.54, 1.807) is 11.9 Å². The van der Waals surface area contributed by atoms with E-state index in [4.69, 9.17) is 0 Å². The Bertz CT molecular complexity index is 1190. The zero-order valence-electron chi connectivity index (χ0n) is 17.2. The van der Waals surface area contributed by atoms with Gasteiger partial charge in [-0.3, -0.25) is 9.48 Å². The Hall–Kier alpha value is -3.41. The summed E-state index contributed by atoms with van der Waals surface area (Å²) in [4.78, 5) is 22.5. The molecule has 0 aliphatic rings. The quantitative estimate of drug-likeness (QED) is 0.563. The lowest BCUT2D eigenvalue weighted by Crippen LogP contribution is -2.26. The standard InChI is InChI=1S/C23H25N5O/c1-15-8-9-20-21(10-15)25-22(24-20)14-27(4)23(29)19-7-5-6-18(12-19)13-28-17(3)11-16(2)26-28/h5-12H,13-14H2,1-4H3,(H,24,25). The molecule has 148 valence electrons. The zero-order valence-corrected chi connectivity index (χ0v) is 17.2. The fourth-order valence-electron chi connectivity index (χ4n) is 3.58. The molecule has 0 atom stereocenters. The first kappa shape index (κ1) is 18.9. The number of fused-ring (bicyclic) bond motifs is 1. The Kier molecular flexibility index (Phi) is 4.92. The molecule has 6 nitrogen and oxygen atoms in total. The van der Waals surface area contributed by atoms with Crippen LogP contribution in [0.25, 0.3) is 11.0 Å². The molecule has 1 N–H and O–H groups in total. The zero-order chi connectivity index (χ0) is 20.5. The minimum Gasteiger partial charge on any atom is -0.340 e. The molecule has 0 saturated carbocycles. The fourth-order valence-corrected chi connectivity index (χ4v) is 3.58. The lowest BCUT2D eigenvalue weighted by molar-refractivity contribution is 0.0782. The average Bonchev–Trinajstić information content (AvgIpc) is 3.22. The minimum atomic E-state index is -0.0307. The second-order valence-electron chi connectivity index (χ2n) is 7.65. The van der Waals surface area contributed by atoms with Crippen LogP contribution in [-0.4, -0.2) is 37.6 Å². The number of amides is 1. The number of nitrogens with zero attached hydrogens (tertiary/aromatic N) is 4. The van der Waals surface area contributed by atoms with Crippen LogP contribution >= 0.6 is 0 Å². The van der Waals surface area contributed by atoms with Gasteiger partial charge in [-0.1, -0.05) is 18.2 Å². The third kappa shape index (κ3) is 4.06. The van der Waals surface area contributed by atoms with Crippen molar-refractivity contribution in [2.45, 2.75) is 33.9 Å². The van der Waals surface area contributed by atoms with Crippen LogP contribution < -0.4 is 0 Å². The highest BCUT2D eigenvalue weighted by Crippen LogP contribution is 2.16. The van der Waals surface area contributed by atoms with Crippen molar-refractivity contribution in [1.29, 1.82) is 0 Å². The van der Waals surface area contributed by atoms with Crippen molar-refractivity contribution in [1.82, 2.24) is 24.6 Å². The molecule has 0 aliphatic heterocycles. The van der Waals surface area contributed by atoms with E-state index >= 15 is 0 Å². The van der Waals surface area contributed by atoms with Gasteiger partial charge in [-0.25, -0.2) is 4.98 Å². The molecule has 0 saturated heterocycles. The molecule has 0 bridgehead atoms. The van der Waals surface area contributed by atoms with Crippen molar-refractivity contribution >= 4 is 16.9 Å². The molecule has 29 heavy (non-hydrogen) atoms. The summed E-state index contributed by atoms with van der Waals surface area (Å²) in [5.41, 5.74) is 6.91. The number of hydrogen-bond donors (Lipinski definition) is 1. The van der Waals surface area contributed by atoms with E-state index in [0.29, 0.717) is 18.7 Å². The first-order chi connectivity index (χ1) is 13.9. The largest absolute Gasteiger partial charge is 0.340 e. The van der Waals surface area contributed by atoms with Crippen molar-refractivity contribution in [2.24, 2.45) is 0 Å².